The number of fused-ring (bicyclic) bond motifs is 2. The Morgan fingerprint density at radius 1 is 0.727 bits per heavy atom. The van der Waals surface area contributed by atoms with E-state index < -0.39 is 24.7 Å². The van der Waals surface area contributed by atoms with Crippen molar-refractivity contribution < 1.29 is 46.0 Å². The Labute approximate surface area is 384 Å². The fourth-order valence-electron chi connectivity index (χ4n) is 7.17. The van der Waals surface area contributed by atoms with Crippen LogP contribution in [0.25, 0.3) is 67.2 Å². The van der Waals surface area contributed by atoms with Gasteiger partial charge in [-0.15, -0.1) is 12.4 Å². The second-order valence-corrected chi connectivity index (χ2v) is 15.5. The van der Waals surface area contributed by atoms with Crippen molar-refractivity contribution in [3.05, 3.63) is 119 Å². The van der Waals surface area contributed by atoms with Crippen molar-refractivity contribution in [1.29, 1.82) is 5.26 Å². The summed E-state index contributed by atoms with van der Waals surface area (Å²) < 4.78 is 64.7. The highest BCUT2D eigenvalue weighted by Gasteiger charge is 2.29. The quantitative estimate of drug-likeness (QED) is 0.0697. The second kappa shape index (κ2) is 19.4. The van der Waals surface area contributed by atoms with Gasteiger partial charge >= 0.3 is 18.1 Å². The Balaban J connectivity index is 0.00000592. The van der Waals surface area contributed by atoms with Crippen molar-refractivity contribution in [2.45, 2.75) is 44.7 Å². The van der Waals surface area contributed by atoms with Crippen LogP contribution in [0.1, 0.15) is 42.6 Å². The molecule has 19 heteroatoms. The van der Waals surface area contributed by atoms with E-state index in [1.165, 1.54) is 18.2 Å². The van der Waals surface area contributed by atoms with Crippen LogP contribution in [-0.2, 0) is 27.2 Å². The molecule has 0 N–H and O–H groups in total. The van der Waals surface area contributed by atoms with Crippen LogP contribution in [0.2, 0.25) is 5.02 Å². The highest BCUT2D eigenvalue weighted by Crippen LogP contribution is 2.36. The molecule has 1 saturated carbocycles. The van der Waals surface area contributed by atoms with Crippen LogP contribution in [0.4, 0.5) is 13.2 Å². The number of aryl methyl sites for hydroxylation is 2. The zero-order valence-electron chi connectivity index (χ0n) is 34.4. The number of nitrogens with zero attached hydrogens (tertiary/aromatic N) is 7. The Hall–Kier alpha value is -7.42. The zero-order valence-corrected chi connectivity index (χ0v) is 36.0. The first kappa shape index (κ1) is 45.2. The number of carbonyl (C=O) groups excluding carboxylic acids is 2. The number of ether oxygens (including phenoxy) is 3. The molecule has 0 saturated heterocycles. The first-order valence-corrected chi connectivity index (χ1v) is 20.7. The van der Waals surface area contributed by atoms with E-state index in [1.807, 2.05) is 30.3 Å². The first-order valence-electron chi connectivity index (χ1n) is 20.3. The van der Waals surface area contributed by atoms with Crippen LogP contribution in [0, 0.1) is 17.2 Å². The van der Waals surface area contributed by atoms with Crippen molar-refractivity contribution in [2.24, 2.45) is 5.92 Å². The van der Waals surface area contributed by atoms with Gasteiger partial charge in [-0.3, -0.25) is 19.6 Å². The molecule has 4 heterocycles. The van der Waals surface area contributed by atoms with Crippen molar-refractivity contribution in [2.75, 3.05) is 13.2 Å². The van der Waals surface area contributed by atoms with Crippen molar-refractivity contribution in [3.63, 3.8) is 0 Å². The lowest BCUT2D eigenvalue weighted by molar-refractivity contribution is -0.159. The number of halogens is 5. The number of hydrogen-bond donors (Lipinski definition) is 0. The molecule has 0 unspecified atom stereocenters. The van der Waals surface area contributed by atoms with Gasteiger partial charge in [-0.2, -0.15) is 28.4 Å². The number of hydrogen-bond acceptors (Lipinski definition) is 14. The highest BCUT2D eigenvalue weighted by molar-refractivity contribution is 6.32. The molecule has 334 valence electrons. The van der Waals surface area contributed by atoms with Crippen molar-refractivity contribution in [3.8, 4) is 63.3 Å². The molecular formula is C47H34Cl2F3N7O7. The number of alkyl halides is 3. The molecule has 66 heavy (non-hydrogen) atoms. The van der Waals surface area contributed by atoms with Crippen molar-refractivity contribution >= 4 is 57.5 Å². The van der Waals surface area contributed by atoms with Gasteiger partial charge in [0, 0.05) is 69.6 Å². The third-order valence-corrected chi connectivity index (χ3v) is 10.9. The van der Waals surface area contributed by atoms with Gasteiger partial charge in [-0.1, -0.05) is 58.3 Å². The van der Waals surface area contributed by atoms with Crippen LogP contribution < -0.4 is 9.47 Å². The maximum absolute atomic E-state index is 12.9. The summed E-state index contributed by atoms with van der Waals surface area (Å²) in [6.45, 7) is -0.909. The predicted octanol–water partition coefficient (Wildman–Crippen LogP) is 10.5. The smallest absolute Gasteiger partial charge is 0.422 e. The van der Waals surface area contributed by atoms with Gasteiger partial charge in [0.15, 0.2) is 6.61 Å². The van der Waals surface area contributed by atoms with E-state index in [-0.39, 0.29) is 66.5 Å². The molecule has 4 aromatic heterocycles. The maximum Gasteiger partial charge on any atom is 0.422 e. The van der Waals surface area contributed by atoms with Crippen LogP contribution in [0.5, 0.6) is 11.5 Å². The SMILES string of the molecule is Cl.N#Cc1cc(-c2nc(-c3cccc4c(CCC(=O)OC(=O)CCc5nccc6c(-c7noc(-c8ccc(OCC(F)(F)F)c(Cl)c8)n7)cccc56)nccc34)no2)ccc1OCC1CC1. The average molecular weight is 937 g/mol. The summed E-state index contributed by atoms with van der Waals surface area (Å²) >= 11 is 6.17. The van der Waals surface area contributed by atoms with Gasteiger partial charge in [0.25, 0.3) is 11.8 Å². The number of nitriles is 1. The second-order valence-electron chi connectivity index (χ2n) is 15.1. The summed E-state index contributed by atoms with van der Waals surface area (Å²) in [6, 6.07) is 26.0. The average Bonchev–Trinajstić information content (AvgIpc) is 3.77. The lowest BCUT2D eigenvalue weighted by Gasteiger charge is -2.10. The Kier molecular flexibility index (Phi) is 13.2. The van der Waals surface area contributed by atoms with Gasteiger partial charge < -0.3 is 23.3 Å². The molecule has 0 spiro atoms. The number of rotatable bonds is 15. The third kappa shape index (κ3) is 10.3. The monoisotopic (exact) mass is 935 g/mol. The Morgan fingerprint density at radius 3 is 1.79 bits per heavy atom. The Morgan fingerprint density at radius 2 is 1.27 bits per heavy atom. The van der Waals surface area contributed by atoms with Crippen LogP contribution in [0.15, 0.2) is 106 Å². The van der Waals surface area contributed by atoms with Crippen LogP contribution in [0.3, 0.4) is 0 Å². The fourth-order valence-corrected chi connectivity index (χ4v) is 7.41. The van der Waals surface area contributed by atoms with Crippen molar-refractivity contribution in [1.82, 2.24) is 30.2 Å². The molecule has 0 radical (unpaired) electrons. The standard InChI is InChI=1S/C47H33ClF3N7O7.ClH/c48-36-22-28(10-14-40(36)62-25-47(49,50)51)46-56-44(58-65-46)35-6-2-4-33-31(35)18-20-54-38(33)12-16-42(60)63-41(59)15-11-37-32-3-1-5-34(30(32)17-19-53-37)43-55-45(64-57-43)27-9-13-39(29(21-27)23-52)61-24-26-7-8-26;/h1-6,9-10,13-14,17-22,26H,7-8,11-12,15-16,24-25H2;1H. The van der Waals surface area contributed by atoms with Gasteiger partial charge in [-0.25, -0.2) is 0 Å². The maximum atomic E-state index is 12.9. The van der Waals surface area contributed by atoms with Gasteiger partial charge in [0.2, 0.25) is 11.6 Å². The first-order chi connectivity index (χ1) is 31.5. The normalized spacial score (nSPS) is 12.4. The van der Waals surface area contributed by atoms with E-state index in [4.69, 9.17) is 34.9 Å². The van der Waals surface area contributed by atoms with Crippen LogP contribution in [-0.4, -0.2) is 61.6 Å². The fraction of sp³-hybridized carbons (Fsp3) is 0.213. The molecular weight excluding hydrogens is 902 g/mol. The van der Waals surface area contributed by atoms with Gasteiger partial charge in [0.1, 0.15) is 17.6 Å². The van der Waals surface area contributed by atoms with Gasteiger partial charge in [0.05, 0.1) is 30.0 Å². The summed E-state index contributed by atoms with van der Waals surface area (Å²) in [5.74, 6) is 0.352. The molecule has 1 aliphatic carbocycles. The number of pyridine rings is 2. The highest BCUT2D eigenvalue weighted by atomic mass is 35.5. The van der Waals surface area contributed by atoms with E-state index in [9.17, 15) is 28.0 Å². The molecule has 0 amide bonds. The van der Waals surface area contributed by atoms with Gasteiger partial charge in [-0.05, 0) is 78.1 Å². The molecule has 9 rings (SSSR count). The molecule has 4 aromatic carbocycles. The summed E-state index contributed by atoms with van der Waals surface area (Å²) in [6.07, 6.45) is 1.06. The third-order valence-electron chi connectivity index (χ3n) is 10.6. The summed E-state index contributed by atoms with van der Waals surface area (Å²) in [7, 11) is 0. The van der Waals surface area contributed by atoms with Crippen LogP contribution >= 0.6 is 24.0 Å². The number of carbonyl (C=O) groups is 2. The number of benzene rings is 4. The van der Waals surface area contributed by atoms with E-state index >= 15 is 0 Å². The lowest BCUT2D eigenvalue weighted by Crippen LogP contribution is -2.19. The van der Waals surface area contributed by atoms with E-state index in [0.29, 0.717) is 74.1 Å². The zero-order chi connectivity index (χ0) is 45.1. The molecule has 0 aliphatic heterocycles. The molecule has 8 aromatic rings. The topological polar surface area (TPSA) is 189 Å². The Bertz CT molecular complexity index is 3150. The molecule has 14 nitrogen and oxygen atoms in total. The number of esters is 2. The molecule has 1 aliphatic rings. The summed E-state index contributed by atoms with van der Waals surface area (Å²) in [5.41, 5.74) is 3.77. The van der Waals surface area contributed by atoms with E-state index in [1.54, 1.807) is 48.8 Å². The summed E-state index contributed by atoms with van der Waals surface area (Å²) in [4.78, 5) is 43.9. The predicted molar refractivity (Wildman–Crippen MR) is 235 cm³/mol. The molecule has 1 fully saturated rings. The molecule has 0 bridgehead atoms. The van der Waals surface area contributed by atoms with E-state index in [0.717, 1.165) is 23.6 Å². The minimum absolute atomic E-state index is 0. The minimum atomic E-state index is -4.52. The summed E-state index contributed by atoms with van der Waals surface area (Å²) in [5, 5.41) is 20.9. The molecule has 0 atom stereocenters. The number of aromatic nitrogens is 6. The minimum Gasteiger partial charge on any atom is -0.492 e. The van der Waals surface area contributed by atoms with E-state index in [2.05, 4.69) is 36.3 Å². The largest absolute Gasteiger partial charge is 0.492 e. The lowest BCUT2D eigenvalue weighted by atomic mass is 10.0.